The minimum Gasteiger partial charge on any atom is -0.503 e. The first-order valence-electron chi connectivity index (χ1n) is 8.82. The first-order valence-corrected chi connectivity index (χ1v) is 9.19. The van der Waals surface area contributed by atoms with Gasteiger partial charge in [-0.1, -0.05) is 54.1 Å². The second kappa shape index (κ2) is 7.41. The fourth-order valence-electron chi connectivity index (χ4n) is 3.49. The number of benzene rings is 3. The molecular weight excluding hydrogens is 374 g/mol. The van der Waals surface area contributed by atoms with Crippen LogP contribution in [0.25, 0.3) is 5.57 Å². The topological polar surface area (TPSA) is 49.8 Å². The average Bonchev–Trinajstić information content (AvgIpc) is 3.00. The average molecular weight is 392 g/mol. The predicted octanol–water partition coefficient (Wildman–Crippen LogP) is 5.41. The lowest BCUT2D eigenvalue weighted by Crippen LogP contribution is -2.30. The molecule has 0 unspecified atom stereocenters. The van der Waals surface area contributed by atoms with Crippen LogP contribution in [-0.4, -0.2) is 18.1 Å². The zero-order valence-corrected chi connectivity index (χ0v) is 15.9. The molecule has 0 spiro atoms. The number of methoxy groups -OCH3 is 1. The Morgan fingerprint density at radius 1 is 0.929 bits per heavy atom. The highest BCUT2D eigenvalue weighted by Gasteiger charge is 2.41. The third-order valence-corrected chi connectivity index (χ3v) is 5.08. The monoisotopic (exact) mass is 391 g/mol. The quantitative estimate of drug-likeness (QED) is 0.647. The summed E-state index contributed by atoms with van der Waals surface area (Å²) in [6.07, 6.45) is 0. The summed E-state index contributed by atoms with van der Waals surface area (Å²) in [5, 5.41) is 11.4. The van der Waals surface area contributed by atoms with Gasteiger partial charge >= 0.3 is 0 Å². The van der Waals surface area contributed by atoms with Crippen LogP contribution in [-0.2, 0) is 4.79 Å². The Balaban J connectivity index is 1.87. The van der Waals surface area contributed by atoms with Crippen molar-refractivity contribution >= 4 is 28.8 Å². The number of ether oxygens (including phenoxy) is 1. The van der Waals surface area contributed by atoms with E-state index in [-0.39, 0.29) is 5.76 Å². The van der Waals surface area contributed by atoms with Crippen LogP contribution in [0.4, 0.5) is 5.69 Å². The maximum absolute atomic E-state index is 13.1. The van der Waals surface area contributed by atoms with Crippen LogP contribution in [0.15, 0.2) is 84.6 Å². The van der Waals surface area contributed by atoms with Gasteiger partial charge in [0.2, 0.25) is 0 Å². The van der Waals surface area contributed by atoms with Crippen LogP contribution in [0.3, 0.4) is 0 Å². The lowest BCUT2D eigenvalue weighted by molar-refractivity contribution is -0.117. The Kier molecular flexibility index (Phi) is 4.80. The standard InChI is InChI=1S/C23H18ClNO3/c1-28-19-13-11-18(12-14-19)25-21(16-7-9-17(24)10-8-16)20(22(26)23(25)27)15-5-3-2-4-6-15/h2-14,21,26H,1H3/t21-/m0/s1. The maximum atomic E-state index is 13.1. The Bertz CT molecular complexity index is 1030. The summed E-state index contributed by atoms with van der Waals surface area (Å²) in [5.41, 5.74) is 2.90. The molecule has 1 aliphatic heterocycles. The van der Waals surface area contributed by atoms with Crippen LogP contribution < -0.4 is 9.64 Å². The van der Waals surface area contributed by atoms with Gasteiger partial charge in [0.05, 0.1) is 13.2 Å². The van der Waals surface area contributed by atoms with E-state index in [2.05, 4.69) is 0 Å². The molecule has 1 heterocycles. The number of aliphatic hydroxyl groups excluding tert-OH is 1. The summed E-state index contributed by atoms with van der Waals surface area (Å²) in [7, 11) is 1.59. The number of halogens is 1. The summed E-state index contributed by atoms with van der Waals surface area (Å²) < 4.78 is 5.22. The summed E-state index contributed by atoms with van der Waals surface area (Å²) in [4.78, 5) is 14.7. The minimum absolute atomic E-state index is 0.248. The van der Waals surface area contributed by atoms with Gasteiger partial charge in [-0.05, 0) is 47.5 Å². The van der Waals surface area contributed by atoms with Crippen LogP contribution in [0.2, 0.25) is 5.02 Å². The molecule has 3 aromatic carbocycles. The van der Waals surface area contributed by atoms with Crippen molar-refractivity contribution in [2.75, 3.05) is 12.0 Å². The van der Waals surface area contributed by atoms with Crippen molar-refractivity contribution < 1.29 is 14.6 Å². The predicted molar refractivity (Wildman–Crippen MR) is 111 cm³/mol. The molecule has 4 nitrogen and oxygen atoms in total. The van der Waals surface area contributed by atoms with Gasteiger partial charge in [-0.15, -0.1) is 0 Å². The zero-order valence-electron chi connectivity index (χ0n) is 15.2. The fraction of sp³-hybridized carbons (Fsp3) is 0.0870. The summed E-state index contributed by atoms with van der Waals surface area (Å²) in [5.74, 6) is 0.00448. The Labute approximate surface area is 168 Å². The van der Waals surface area contributed by atoms with Gasteiger partial charge in [-0.2, -0.15) is 0 Å². The van der Waals surface area contributed by atoms with E-state index in [1.165, 1.54) is 0 Å². The summed E-state index contributed by atoms with van der Waals surface area (Å²) in [6, 6.07) is 23.5. The molecule has 0 bridgehead atoms. The van der Waals surface area contributed by atoms with Crippen molar-refractivity contribution in [3.8, 4) is 5.75 Å². The molecule has 4 rings (SSSR count). The van der Waals surface area contributed by atoms with Crippen molar-refractivity contribution in [1.29, 1.82) is 0 Å². The third kappa shape index (κ3) is 3.12. The number of hydrogen-bond donors (Lipinski definition) is 1. The molecule has 1 amide bonds. The lowest BCUT2D eigenvalue weighted by Gasteiger charge is -2.27. The molecule has 0 aliphatic carbocycles. The van der Waals surface area contributed by atoms with E-state index < -0.39 is 11.9 Å². The Morgan fingerprint density at radius 2 is 1.57 bits per heavy atom. The molecule has 5 heteroatoms. The van der Waals surface area contributed by atoms with Crippen molar-refractivity contribution in [2.45, 2.75) is 6.04 Å². The van der Waals surface area contributed by atoms with E-state index >= 15 is 0 Å². The molecule has 0 saturated heterocycles. The van der Waals surface area contributed by atoms with Gasteiger partial charge in [-0.3, -0.25) is 9.69 Å². The first-order chi connectivity index (χ1) is 13.6. The van der Waals surface area contributed by atoms with E-state index in [1.807, 2.05) is 42.5 Å². The van der Waals surface area contributed by atoms with Gasteiger partial charge in [0.15, 0.2) is 5.76 Å². The van der Waals surface area contributed by atoms with Crippen molar-refractivity contribution in [1.82, 2.24) is 0 Å². The zero-order chi connectivity index (χ0) is 19.7. The Morgan fingerprint density at radius 3 is 2.18 bits per heavy atom. The normalized spacial score (nSPS) is 16.6. The number of nitrogens with zero attached hydrogens (tertiary/aromatic N) is 1. The molecule has 28 heavy (non-hydrogen) atoms. The van der Waals surface area contributed by atoms with E-state index in [4.69, 9.17) is 16.3 Å². The molecule has 0 fully saturated rings. The van der Waals surface area contributed by atoms with Gasteiger partial charge < -0.3 is 9.84 Å². The van der Waals surface area contributed by atoms with Crippen molar-refractivity contribution in [3.05, 3.63) is 101 Å². The molecule has 0 aromatic heterocycles. The molecule has 140 valence electrons. The van der Waals surface area contributed by atoms with Crippen LogP contribution in [0, 0.1) is 0 Å². The van der Waals surface area contributed by atoms with Gasteiger partial charge in [0.25, 0.3) is 5.91 Å². The van der Waals surface area contributed by atoms with Crippen molar-refractivity contribution in [2.24, 2.45) is 0 Å². The lowest BCUT2D eigenvalue weighted by atomic mass is 9.93. The van der Waals surface area contributed by atoms with E-state index in [0.29, 0.717) is 22.0 Å². The second-order valence-electron chi connectivity index (χ2n) is 6.46. The molecule has 3 aromatic rings. The molecular formula is C23H18ClNO3. The van der Waals surface area contributed by atoms with Gasteiger partial charge in [-0.25, -0.2) is 0 Å². The summed E-state index contributed by atoms with van der Waals surface area (Å²) in [6.45, 7) is 0. The van der Waals surface area contributed by atoms with E-state index in [1.54, 1.807) is 48.4 Å². The molecule has 0 radical (unpaired) electrons. The smallest absolute Gasteiger partial charge is 0.294 e. The molecule has 0 saturated carbocycles. The number of aliphatic hydroxyl groups is 1. The number of amides is 1. The van der Waals surface area contributed by atoms with E-state index in [0.717, 1.165) is 11.1 Å². The SMILES string of the molecule is COc1ccc(N2C(=O)C(O)=C(c3ccccc3)[C@@H]2c2ccc(Cl)cc2)cc1. The van der Waals surface area contributed by atoms with E-state index in [9.17, 15) is 9.90 Å². The Hall–Kier alpha value is -3.24. The van der Waals surface area contributed by atoms with Crippen LogP contribution >= 0.6 is 11.6 Å². The highest BCUT2D eigenvalue weighted by molar-refractivity contribution is 6.30. The highest BCUT2D eigenvalue weighted by atomic mass is 35.5. The first kappa shape index (κ1) is 18.1. The third-order valence-electron chi connectivity index (χ3n) is 4.83. The summed E-state index contributed by atoms with van der Waals surface area (Å²) >= 11 is 6.06. The van der Waals surface area contributed by atoms with Crippen molar-refractivity contribution in [3.63, 3.8) is 0 Å². The van der Waals surface area contributed by atoms with Gasteiger partial charge in [0, 0.05) is 16.3 Å². The second-order valence-corrected chi connectivity index (χ2v) is 6.89. The molecule has 1 N–H and O–H groups in total. The number of anilines is 1. The fourth-order valence-corrected chi connectivity index (χ4v) is 3.61. The number of carbonyl (C=O) groups is 1. The van der Waals surface area contributed by atoms with Crippen LogP contribution in [0.5, 0.6) is 5.75 Å². The van der Waals surface area contributed by atoms with Crippen LogP contribution in [0.1, 0.15) is 17.2 Å². The maximum Gasteiger partial charge on any atom is 0.294 e. The number of hydrogen-bond acceptors (Lipinski definition) is 3. The minimum atomic E-state index is -0.472. The number of rotatable bonds is 4. The van der Waals surface area contributed by atoms with Gasteiger partial charge in [0.1, 0.15) is 5.75 Å². The largest absolute Gasteiger partial charge is 0.503 e. The molecule has 1 aliphatic rings. The molecule has 1 atom stereocenters. The highest BCUT2D eigenvalue weighted by Crippen LogP contribution is 2.45. The number of carbonyl (C=O) groups excluding carboxylic acids is 1.